The second-order valence-electron chi connectivity index (χ2n) is 4.51. The molecule has 112 valence electrons. The zero-order chi connectivity index (χ0) is 15.8. The lowest BCUT2D eigenvalue weighted by Gasteiger charge is -2.21. The molecular weight excluding hydrogens is 316 g/mol. The van der Waals surface area contributed by atoms with E-state index in [0.29, 0.717) is 18.0 Å². The fourth-order valence-corrected chi connectivity index (χ4v) is 3.06. The molecule has 0 saturated heterocycles. The Hall–Kier alpha value is -1.96. The fourth-order valence-electron chi connectivity index (χ4n) is 1.95. The van der Waals surface area contributed by atoms with Crippen molar-refractivity contribution in [3.05, 3.63) is 59.6 Å². The molecule has 0 aromatic heterocycles. The van der Waals surface area contributed by atoms with Gasteiger partial charge in [0.1, 0.15) is 0 Å². The molecule has 0 bridgehead atoms. The fraction of sp³-hybridized carbons (Fsp3) is 0.176. The summed E-state index contributed by atoms with van der Waals surface area (Å²) in [6, 6.07) is 18.9. The molecule has 0 aliphatic rings. The summed E-state index contributed by atoms with van der Waals surface area (Å²) in [5.41, 5.74) is 0.808. The lowest BCUT2D eigenvalue weighted by atomic mass is 10.2. The van der Waals surface area contributed by atoms with Crippen molar-refractivity contribution in [2.75, 3.05) is 17.2 Å². The summed E-state index contributed by atoms with van der Waals surface area (Å²) in [4.78, 5) is 15.0. The number of carbonyl (C=O) groups excluding carboxylic acids is 1. The minimum absolute atomic E-state index is 0.0358. The van der Waals surface area contributed by atoms with Gasteiger partial charge in [0.15, 0.2) is 0 Å². The Bertz CT molecular complexity index is 670. The lowest BCUT2D eigenvalue weighted by molar-refractivity contribution is -0.116. The van der Waals surface area contributed by atoms with E-state index in [1.165, 1.54) is 11.8 Å². The van der Waals surface area contributed by atoms with E-state index in [1.54, 1.807) is 11.0 Å². The van der Waals surface area contributed by atoms with Gasteiger partial charge in [-0.3, -0.25) is 4.79 Å². The van der Waals surface area contributed by atoms with Crippen molar-refractivity contribution < 1.29 is 4.79 Å². The first-order chi connectivity index (χ1) is 10.7. The Kier molecular flexibility index (Phi) is 6.32. The summed E-state index contributed by atoms with van der Waals surface area (Å²) in [6.45, 7) is 0.391. The highest BCUT2D eigenvalue weighted by Gasteiger charge is 2.16. The molecule has 3 nitrogen and oxygen atoms in total. The topological polar surface area (TPSA) is 44.1 Å². The molecule has 0 unspecified atom stereocenters. The van der Waals surface area contributed by atoms with Gasteiger partial charge >= 0.3 is 0 Å². The van der Waals surface area contributed by atoms with Crippen LogP contribution < -0.4 is 4.90 Å². The number of hydrogen-bond acceptors (Lipinski definition) is 3. The van der Waals surface area contributed by atoms with Gasteiger partial charge in [0.2, 0.25) is 5.91 Å². The molecule has 0 heterocycles. The quantitative estimate of drug-likeness (QED) is 0.738. The molecule has 0 atom stereocenters. The summed E-state index contributed by atoms with van der Waals surface area (Å²) in [5.74, 6) is 0.246. The van der Waals surface area contributed by atoms with E-state index >= 15 is 0 Å². The first-order valence-electron chi connectivity index (χ1n) is 6.82. The average Bonchev–Trinajstić information content (AvgIpc) is 2.55. The number of nitrogens with zero attached hydrogens (tertiary/aromatic N) is 2. The Labute approximate surface area is 139 Å². The number of anilines is 1. The van der Waals surface area contributed by atoms with Crippen molar-refractivity contribution >= 4 is 35.0 Å². The molecule has 2 rings (SSSR count). The van der Waals surface area contributed by atoms with Crippen molar-refractivity contribution in [1.29, 1.82) is 5.26 Å². The Morgan fingerprint density at radius 2 is 1.82 bits per heavy atom. The minimum atomic E-state index is -0.0358. The zero-order valence-corrected chi connectivity index (χ0v) is 13.5. The van der Waals surface area contributed by atoms with Crippen LogP contribution >= 0.6 is 23.4 Å². The Morgan fingerprint density at radius 1 is 1.14 bits per heavy atom. The van der Waals surface area contributed by atoms with Crippen LogP contribution in [-0.4, -0.2) is 18.2 Å². The monoisotopic (exact) mass is 330 g/mol. The van der Waals surface area contributed by atoms with Gasteiger partial charge in [0.05, 0.1) is 23.3 Å². The van der Waals surface area contributed by atoms with Crippen LogP contribution in [-0.2, 0) is 4.79 Å². The van der Waals surface area contributed by atoms with E-state index in [2.05, 4.69) is 6.07 Å². The summed E-state index contributed by atoms with van der Waals surface area (Å²) in [7, 11) is 0. The molecule has 2 aromatic rings. The van der Waals surface area contributed by atoms with Crippen LogP contribution in [0.25, 0.3) is 0 Å². The van der Waals surface area contributed by atoms with Gasteiger partial charge < -0.3 is 4.90 Å². The molecular formula is C17H15ClN2OS. The first-order valence-corrected chi connectivity index (χ1v) is 8.18. The largest absolute Gasteiger partial charge is 0.311 e. The molecule has 0 saturated carbocycles. The highest BCUT2D eigenvalue weighted by molar-refractivity contribution is 8.00. The number of hydrogen-bond donors (Lipinski definition) is 0. The van der Waals surface area contributed by atoms with E-state index < -0.39 is 0 Å². The van der Waals surface area contributed by atoms with Crippen molar-refractivity contribution in [3.8, 4) is 6.07 Å². The van der Waals surface area contributed by atoms with Crippen LogP contribution in [0.4, 0.5) is 5.69 Å². The molecule has 22 heavy (non-hydrogen) atoms. The number of carbonyl (C=O) groups is 1. The van der Waals surface area contributed by atoms with Crippen LogP contribution in [0.5, 0.6) is 0 Å². The van der Waals surface area contributed by atoms with Gasteiger partial charge in [-0.1, -0.05) is 41.9 Å². The van der Waals surface area contributed by atoms with Crippen molar-refractivity contribution in [2.24, 2.45) is 0 Å². The molecule has 0 fully saturated rings. The number of amides is 1. The normalized spacial score (nSPS) is 10.0. The van der Waals surface area contributed by atoms with Gasteiger partial charge in [0.25, 0.3) is 0 Å². The smallest absolute Gasteiger partial charge is 0.237 e. The Balaban J connectivity index is 2.06. The summed E-state index contributed by atoms with van der Waals surface area (Å²) in [5, 5.41) is 9.42. The maximum Gasteiger partial charge on any atom is 0.237 e. The first kappa shape index (κ1) is 16.4. The molecule has 0 aliphatic heterocycles. The molecule has 2 aromatic carbocycles. The van der Waals surface area contributed by atoms with Crippen LogP contribution in [0.1, 0.15) is 6.42 Å². The van der Waals surface area contributed by atoms with Gasteiger partial charge in [0, 0.05) is 17.1 Å². The molecule has 0 aliphatic carbocycles. The van der Waals surface area contributed by atoms with Crippen LogP contribution in [0.15, 0.2) is 59.5 Å². The predicted molar refractivity (Wildman–Crippen MR) is 91.2 cm³/mol. The van der Waals surface area contributed by atoms with Crippen LogP contribution in [0.3, 0.4) is 0 Å². The molecule has 1 amide bonds. The molecule has 0 spiro atoms. The standard InChI is InChI=1S/C17H15ClN2OS/c18-15-9-4-5-10-16(15)22-13-17(21)20(12-6-11-19)14-7-2-1-3-8-14/h1-5,7-10H,6,12-13H2. The predicted octanol–water partition coefficient (Wildman–Crippen LogP) is 4.38. The van der Waals surface area contributed by atoms with E-state index in [9.17, 15) is 4.79 Å². The Morgan fingerprint density at radius 3 is 2.50 bits per heavy atom. The number of rotatable bonds is 6. The van der Waals surface area contributed by atoms with Crippen molar-refractivity contribution in [1.82, 2.24) is 0 Å². The number of nitriles is 1. The minimum Gasteiger partial charge on any atom is -0.311 e. The van der Waals surface area contributed by atoms with Crippen LogP contribution in [0.2, 0.25) is 5.02 Å². The third-order valence-electron chi connectivity index (χ3n) is 3.00. The van der Waals surface area contributed by atoms with Crippen molar-refractivity contribution in [2.45, 2.75) is 11.3 Å². The van der Waals surface area contributed by atoms with Gasteiger partial charge in [-0.15, -0.1) is 11.8 Å². The second-order valence-corrected chi connectivity index (χ2v) is 5.93. The van der Waals surface area contributed by atoms with Crippen LogP contribution in [0, 0.1) is 11.3 Å². The highest BCUT2D eigenvalue weighted by Crippen LogP contribution is 2.27. The molecule has 5 heteroatoms. The van der Waals surface area contributed by atoms with Gasteiger partial charge in [-0.25, -0.2) is 0 Å². The molecule has 0 radical (unpaired) electrons. The second kappa shape index (κ2) is 8.47. The van der Waals surface area contributed by atoms with E-state index in [-0.39, 0.29) is 11.7 Å². The van der Waals surface area contributed by atoms with E-state index in [0.717, 1.165) is 10.6 Å². The summed E-state index contributed by atoms with van der Waals surface area (Å²) < 4.78 is 0. The third-order valence-corrected chi connectivity index (χ3v) is 4.50. The number of benzene rings is 2. The average molecular weight is 331 g/mol. The van der Waals surface area contributed by atoms with Gasteiger partial charge in [-0.05, 0) is 24.3 Å². The number of thioether (sulfide) groups is 1. The van der Waals surface area contributed by atoms with Gasteiger partial charge in [-0.2, -0.15) is 5.26 Å². The highest BCUT2D eigenvalue weighted by atomic mass is 35.5. The number of para-hydroxylation sites is 1. The summed E-state index contributed by atoms with van der Waals surface area (Å²) >= 11 is 7.50. The maximum atomic E-state index is 12.5. The summed E-state index contributed by atoms with van der Waals surface area (Å²) in [6.07, 6.45) is 0.303. The van der Waals surface area contributed by atoms with E-state index in [1.807, 2.05) is 48.5 Å². The number of halogens is 1. The molecule has 0 N–H and O–H groups in total. The maximum absolute atomic E-state index is 12.5. The zero-order valence-electron chi connectivity index (χ0n) is 11.9. The van der Waals surface area contributed by atoms with Crippen molar-refractivity contribution in [3.63, 3.8) is 0 Å². The lowest BCUT2D eigenvalue weighted by Crippen LogP contribution is -2.33. The SMILES string of the molecule is N#CCCN(C(=O)CSc1ccccc1Cl)c1ccccc1. The third kappa shape index (κ3) is 4.52. The van der Waals surface area contributed by atoms with E-state index in [4.69, 9.17) is 16.9 Å².